The van der Waals surface area contributed by atoms with Crippen molar-refractivity contribution in [2.45, 2.75) is 43.5 Å². The number of aliphatic hydroxyl groups excluding tert-OH is 3. The van der Waals surface area contributed by atoms with Gasteiger partial charge in [-0.2, -0.15) is 0 Å². The molecule has 0 spiro atoms. The topological polar surface area (TPSA) is 115 Å². The molecular formula is C18H22O8. The molecule has 2 unspecified atom stereocenters. The minimum atomic E-state index is -1.39. The molecule has 2 aliphatic heterocycles. The van der Waals surface area contributed by atoms with Crippen molar-refractivity contribution in [1.82, 2.24) is 0 Å². The number of carbonyl (C=O) groups is 1. The summed E-state index contributed by atoms with van der Waals surface area (Å²) in [6.45, 7) is 0.189. The van der Waals surface area contributed by atoms with Gasteiger partial charge in [-0.1, -0.05) is 12.1 Å². The molecule has 3 rings (SSSR count). The summed E-state index contributed by atoms with van der Waals surface area (Å²) >= 11 is 0. The lowest BCUT2D eigenvalue weighted by molar-refractivity contribution is -0.290. The average molecular weight is 366 g/mol. The first-order valence-corrected chi connectivity index (χ1v) is 8.32. The molecule has 1 aromatic rings. The Labute approximate surface area is 150 Å². The first-order valence-electron chi connectivity index (χ1n) is 8.32. The molecule has 0 aliphatic carbocycles. The Morgan fingerprint density at radius 1 is 1.19 bits per heavy atom. The van der Waals surface area contributed by atoms with Gasteiger partial charge in [-0.05, 0) is 30.2 Å². The van der Waals surface area contributed by atoms with Crippen molar-refractivity contribution >= 4 is 11.9 Å². The van der Waals surface area contributed by atoms with Gasteiger partial charge in [0.2, 0.25) is 6.79 Å². The first kappa shape index (κ1) is 18.8. The fourth-order valence-corrected chi connectivity index (χ4v) is 2.92. The number of ketones is 1. The molecule has 2 heterocycles. The lowest BCUT2D eigenvalue weighted by atomic mass is 9.95. The van der Waals surface area contributed by atoms with Crippen LogP contribution in [0.1, 0.15) is 18.4 Å². The fourth-order valence-electron chi connectivity index (χ4n) is 2.92. The summed E-state index contributed by atoms with van der Waals surface area (Å²) in [5, 5.41) is 29.5. The Morgan fingerprint density at radius 3 is 2.73 bits per heavy atom. The van der Waals surface area contributed by atoms with Crippen LogP contribution in [-0.4, -0.2) is 65.7 Å². The third-order valence-electron chi connectivity index (χ3n) is 4.43. The van der Waals surface area contributed by atoms with E-state index >= 15 is 0 Å². The molecule has 0 aromatic heterocycles. The van der Waals surface area contributed by atoms with Gasteiger partial charge >= 0.3 is 0 Å². The Morgan fingerprint density at radius 2 is 1.96 bits per heavy atom. The van der Waals surface area contributed by atoms with E-state index in [0.29, 0.717) is 11.5 Å². The van der Waals surface area contributed by atoms with Crippen molar-refractivity contribution in [3.63, 3.8) is 0 Å². The average Bonchev–Trinajstić information content (AvgIpc) is 3.11. The second kappa shape index (κ2) is 8.15. The van der Waals surface area contributed by atoms with E-state index in [0.717, 1.165) is 5.56 Å². The molecule has 8 heteroatoms. The Bertz CT molecular complexity index is 671. The molecule has 0 bridgehead atoms. The zero-order valence-electron chi connectivity index (χ0n) is 14.3. The number of rotatable bonds is 6. The van der Waals surface area contributed by atoms with Crippen LogP contribution in [0.25, 0.3) is 6.08 Å². The highest BCUT2D eigenvalue weighted by molar-refractivity contribution is 5.93. The summed E-state index contributed by atoms with van der Waals surface area (Å²) in [6.07, 6.45) is -2.46. The van der Waals surface area contributed by atoms with Crippen LogP contribution in [-0.2, 0) is 14.3 Å². The molecular weight excluding hydrogens is 344 g/mol. The van der Waals surface area contributed by atoms with Crippen molar-refractivity contribution in [1.29, 1.82) is 0 Å². The fraction of sp³-hybridized carbons (Fsp3) is 0.500. The maximum absolute atomic E-state index is 12.1. The molecule has 1 saturated heterocycles. The van der Waals surface area contributed by atoms with Gasteiger partial charge in [0.1, 0.15) is 18.3 Å². The normalized spacial score (nSPS) is 30.7. The molecule has 26 heavy (non-hydrogen) atoms. The summed E-state index contributed by atoms with van der Waals surface area (Å²) in [4.78, 5) is 12.1. The monoisotopic (exact) mass is 366 g/mol. The largest absolute Gasteiger partial charge is 0.454 e. The summed E-state index contributed by atoms with van der Waals surface area (Å²) in [7, 11) is 1.33. The summed E-state index contributed by atoms with van der Waals surface area (Å²) in [5.41, 5.74) is 0.801. The molecule has 142 valence electrons. The predicted molar refractivity (Wildman–Crippen MR) is 89.5 cm³/mol. The van der Waals surface area contributed by atoms with Gasteiger partial charge < -0.3 is 34.3 Å². The Kier molecular flexibility index (Phi) is 5.90. The van der Waals surface area contributed by atoms with Gasteiger partial charge in [0.05, 0.1) is 6.10 Å². The standard InChI is InChI=1S/C18H22O8/c1-23-18-17(22)16(21)15(20)13(26-18)7-5-11(19)4-2-10-3-6-12-14(8-10)25-9-24-12/h2-4,6,8,13,15-18,20-22H,5,7,9H2,1H3/b4-2+/t13-,15?,16-,17+,18?/m1/s1. The number of fused-ring (bicyclic) bond motifs is 1. The van der Waals surface area contributed by atoms with Gasteiger partial charge in [0.15, 0.2) is 23.6 Å². The van der Waals surface area contributed by atoms with E-state index in [1.807, 2.05) is 6.07 Å². The maximum Gasteiger partial charge on any atom is 0.231 e. The number of aliphatic hydroxyl groups is 3. The molecule has 2 aliphatic rings. The Balaban J connectivity index is 1.53. The second-order valence-electron chi connectivity index (χ2n) is 6.20. The number of benzene rings is 1. The molecule has 1 aromatic carbocycles. The molecule has 5 atom stereocenters. The molecule has 0 radical (unpaired) electrons. The van der Waals surface area contributed by atoms with Gasteiger partial charge in [0, 0.05) is 13.5 Å². The number of carbonyl (C=O) groups excluding carboxylic acids is 1. The van der Waals surface area contributed by atoms with Crippen LogP contribution in [0.4, 0.5) is 0 Å². The smallest absolute Gasteiger partial charge is 0.231 e. The van der Waals surface area contributed by atoms with Crippen LogP contribution in [0, 0.1) is 0 Å². The quantitative estimate of drug-likeness (QED) is 0.613. The number of ether oxygens (including phenoxy) is 4. The van der Waals surface area contributed by atoms with Crippen molar-refractivity contribution in [3.05, 3.63) is 29.8 Å². The third kappa shape index (κ3) is 4.05. The zero-order chi connectivity index (χ0) is 18.7. The minimum absolute atomic E-state index is 0.113. The first-order chi connectivity index (χ1) is 12.5. The SMILES string of the molecule is COC1O[C@H](CCC(=O)/C=C/c2ccc3c(c2)OCO3)C(O)[C@@H](O)[C@@H]1O. The number of hydrogen-bond donors (Lipinski definition) is 3. The van der Waals surface area contributed by atoms with Gasteiger partial charge in [-0.15, -0.1) is 0 Å². The van der Waals surface area contributed by atoms with Crippen LogP contribution in [0.3, 0.4) is 0 Å². The van der Waals surface area contributed by atoms with Crippen LogP contribution in [0.2, 0.25) is 0 Å². The van der Waals surface area contributed by atoms with Crippen LogP contribution >= 0.6 is 0 Å². The van der Waals surface area contributed by atoms with Crippen LogP contribution < -0.4 is 9.47 Å². The highest BCUT2D eigenvalue weighted by atomic mass is 16.7. The maximum atomic E-state index is 12.1. The van der Waals surface area contributed by atoms with Crippen molar-refractivity contribution in [2.75, 3.05) is 13.9 Å². The van der Waals surface area contributed by atoms with Crippen LogP contribution in [0.15, 0.2) is 24.3 Å². The van der Waals surface area contributed by atoms with E-state index in [1.54, 1.807) is 18.2 Å². The van der Waals surface area contributed by atoms with E-state index in [4.69, 9.17) is 18.9 Å². The van der Waals surface area contributed by atoms with Gasteiger partial charge in [-0.25, -0.2) is 0 Å². The van der Waals surface area contributed by atoms with E-state index in [-0.39, 0.29) is 25.4 Å². The predicted octanol–water partition coefficient (Wildman–Crippen LogP) is 0.232. The van der Waals surface area contributed by atoms with Gasteiger partial charge in [0.25, 0.3) is 0 Å². The number of hydrogen-bond acceptors (Lipinski definition) is 8. The third-order valence-corrected chi connectivity index (χ3v) is 4.43. The highest BCUT2D eigenvalue weighted by Crippen LogP contribution is 2.32. The number of methoxy groups -OCH3 is 1. The lowest BCUT2D eigenvalue weighted by Gasteiger charge is -2.39. The molecule has 0 amide bonds. The van der Waals surface area contributed by atoms with E-state index < -0.39 is 30.7 Å². The van der Waals surface area contributed by atoms with Crippen molar-refractivity contribution in [2.24, 2.45) is 0 Å². The van der Waals surface area contributed by atoms with Gasteiger partial charge in [-0.3, -0.25) is 4.79 Å². The number of allylic oxidation sites excluding steroid dienone is 1. The summed E-state index contributed by atoms with van der Waals surface area (Å²) in [5.74, 6) is 1.15. The van der Waals surface area contributed by atoms with E-state index in [1.165, 1.54) is 13.2 Å². The summed E-state index contributed by atoms with van der Waals surface area (Å²) in [6, 6.07) is 5.36. The Hall–Kier alpha value is -1.97. The second-order valence-corrected chi connectivity index (χ2v) is 6.20. The van der Waals surface area contributed by atoms with E-state index in [2.05, 4.69) is 0 Å². The molecule has 8 nitrogen and oxygen atoms in total. The van der Waals surface area contributed by atoms with Crippen LogP contribution in [0.5, 0.6) is 11.5 Å². The molecule has 3 N–H and O–H groups in total. The summed E-state index contributed by atoms with van der Waals surface area (Å²) < 4.78 is 20.9. The van der Waals surface area contributed by atoms with E-state index in [9.17, 15) is 20.1 Å². The minimum Gasteiger partial charge on any atom is -0.454 e. The molecule has 1 fully saturated rings. The van der Waals surface area contributed by atoms with Crippen molar-refractivity contribution < 1.29 is 39.1 Å². The lowest BCUT2D eigenvalue weighted by Crippen LogP contribution is -2.57. The molecule has 0 saturated carbocycles. The zero-order valence-corrected chi connectivity index (χ0v) is 14.3. The van der Waals surface area contributed by atoms with Crippen molar-refractivity contribution in [3.8, 4) is 11.5 Å². The highest BCUT2D eigenvalue weighted by Gasteiger charge is 2.43.